The number of hydrogen-bond donors (Lipinski definition) is 1. The second-order valence-electron chi connectivity index (χ2n) is 9.82. The van der Waals surface area contributed by atoms with Crippen LogP contribution in [0.25, 0.3) is 11.3 Å². The highest BCUT2D eigenvalue weighted by atomic mass is 19.1. The molecule has 7 nitrogen and oxygen atoms in total. The highest BCUT2D eigenvalue weighted by Crippen LogP contribution is 2.39. The van der Waals surface area contributed by atoms with Crippen LogP contribution in [-0.2, 0) is 11.3 Å². The number of nitrogens with zero attached hydrogens (tertiary/aromatic N) is 2. The normalized spacial score (nSPS) is 15.1. The Labute approximate surface area is 217 Å². The molecule has 0 saturated carbocycles. The summed E-state index contributed by atoms with van der Waals surface area (Å²) in [7, 11) is 0. The van der Waals surface area contributed by atoms with Gasteiger partial charge in [0.05, 0.1) is 16.8 Å². The summed E-state index contributed by atoms with van der Waals surface area (Å²) in [6.45, 7) is 4.08. The summed E-state index contributed by atoms with van der Waals surface area (Å²) < 4.78 is 32.5. The van der Waals surface area contributed by atoms with E-state index in [0.717, 1.165) is 6.07 Å². The van der Waals surface area contributed by atoms with Crippen LogP contribution < -0.4 is 5.32 Å². The summed E-state index contributed by atoms with van der Waals surface area (Å²) in [5.41, 5.74) is 2.67. The molecule has 0 radical (unpaired) electrons. The second-order valence-corrected chi connectivity index (χ2v) is 9.82. The fourth-order valence-corrected chi connectivity index (χ4v) is 4.37. The second kappa shape index (κ2) is 10.0. The van der Waals surface area contributed by atoms with Crippen molar-refractivity contribution in [3.8, 4) is 11.3 Å². The Bertz CT molecular complexity index is 1560. The van der Waals surface area contributed by atoms with E-state index in [-0.39, 0.29) is 22.4 Å². The maximum atomic E-state index is 13.5. The van der Waals surface area contributed by atoms with Crippen molar-refractivity contribution < 1.29 is 27.7 Å². The van der Waals surface area contributed by atoms with Crippen LogP contribution in [-0.4, -0.2) is 22.7 Å². The molecule has 0 aliphatic heterocycles. The zero-order valence-corrected chi connectivity index (χ0v) is 20.6. The van der Waals surface area contributed by atoms with E-state index in [0.29, 0.717) is 46.8 Å². The number of hydrogen-bond acceptors (Lipinski definition) is 6. The van der Waals surface area contributed by atoms with E-state index < -0.39 is 17.7 Å². The van der Waals surface area contributed by atoms with Gasteiger partial charge in [0.2, 0.25) is 0 Å². The van der Waals surface area contributed by atoms with Crippen molar-refractivity contribution in [3.63, 3.8) is 0 Å². The van der Waals surface area contributed by atoms with Gasteiger partial charge in [-0.2, -0.15) is 0 Å². The lowest BCUT2D eigenvalue weighted by atomic mass is 9.75. The van der Waals surface area contributed by atoms with E-state index >= 15 is 0 Å². The molecule has 1 amide bonds. The molecule has 0 unspecified atom stereocenters. The van der Waals surface area contributed by atoms with E-state index in [4.69, 9.17) is 9.36 Å². The SMILES string of the molecule is CC1(C)C/C(=N\OC(=O)c2cccc(NC(=O)c3cccc(F)c3)c2)c2c(-c3ccc(F)cc3)noc2C1. The number of oxime groups is 1. The van der Waals surface area contributed by atoms with Crippen LogP contribution in [0.15, 0.2) is 82.5 Å². The van der Waals surface area contributed by atoms with Crippen LogP contribution in [0.4, 0.5) is 14.5 Å². The first-order valence-electron chi connectivity index (χ1n) is 11.9. The summed E-state index contributed by atoms with van der Waals surface area (Å²) in [5, 5.41) is 11.0. The number of benzene rings is 3. The number of fused-ring (bicyclic) bond motifs is 1. The Morgan fingerprint density at radius 2 is 1.68 bits per heavy atom. The fraction of sp³-hybridized carbons (Fsp3) is 0.172. The smallest absolute Gasteiger partial charge is 0.360 e. The molecule has 1 aliphatic rings. The predicted molar refractivity (Wildman–Crippen MR) is 137 cm³/mol. The van der Waals surface area contributed by atoms with Gasteiger partial charge in [-0.25, -0.2) is 13.6 Å². The van der Waals surface area contributed by atoms with Crippen LogP contribution in [0.1, 0.15) is 52.3 Å². The molecule has 0 spiro atoms. The molecule has 1 N–H and O–H groups in total. The number of nitrogens with one attached hydrogen (secondary N) is 1. The number of carbonyl (C=O) groups excluding carboxylic acids is 2. The average molecular weight is 516 g/mol. The molecule has 1 heterocycles. The summed E-state index contributed by atoms with van der Waals surface area (Å²) in [5.74, 6) is -1.54. The van der Waals surface area contributed by atoms with E-state index in [1.165, 1.54) is 42.5 Å². The van der Waals surface area contributed by atoms with Crippen molar-refractivity contribution in [2.75, 3.05) is 5.32 Å². The van der Waals surface area contributed by atoms with Gasteiger partial charge < -0.3 is 14.7 Å². The van der Waals surface area contributed by atoms with Gasteiger partial charge in [0, 0.05) is 23.2 Å². The third-order valence-corrected chi connectivity index (χ3v) is 6.14. The first-order valence-corrected chi connectivity index (χ1v) is 11.9. The minimum Gasteiger partial charge on any atom is -0.360 e. The molecule has 5 rings (SSSR count). The average Bonchev–Trinajstić information content (AvgIpc) is 3.30. The van der Waals surface area contributed by atoms with Gasteiger partial charge in [0.25, 0.3) is 5.91 Å². The van der Waals surface area contributed by atoms with E-state index in [1.807, 2.05) is 13.8 Å². The number of aromatic nitrogens is 1. The maximum absolute atomic E-state index is 13.5. The standard InChI is InChI=1S/C29H23F2N3O4/c1-29(2)15-23(25-24(16-29)37-34-26(25)17-9-11-20(30)12-10-17)33-38-28(36)19-6-4-8-22(14-19)32-27(35)18-5-3-7-21(31)13-18/h3-14H,15-16H2,1-2H3,(H,32,35)/b33-23+. The molecular formula is C29H23F2N3O4. The monoisotopic (exact) mass is 515 g/mol. The quantitative estimate of drug-likeness (QED) is 0.245. The lowest BCUT2D eigenvalue weighted by Gasteiger charge is -2.28. The molecule has 0 bridgehead atoms. The van der Waals surface area contributed by atoms with Crippen LogP contribution in [0.2, 0.25) is 0 Å². The van der Waals surface area contributed by atoms with Gasteiger partial charge >= 0.3 is 5.97 Å². The number of amides is 1. The molecule has 3 aromatic carbocycles. The van der Waals surface area contributed by atoms with E-state index in [2.05, 4.69) is 15.6 Å². The highest BCUT2D eigenvalue weighted by Gasteiger charge is 2.36. The Morgan fingerprint density at radius 1 is 0.947 bits per heavy atom. The lowest BCUT2D eigenvalue weighted by molar-refractivity contribution is 0.0513. The third kappa shape index (κ3) is 5.36. The van der Waals surface area contributed by atoms with E-state index in [9.17, 15) is 18.4 Å². The van der Waals surface area contributed by atoms with Crippen molar-refractivity contribution in [2.45, 2.75) is 26.7 Å². The molecule has 9 heteroatoms. The van der Waals surface area contributed by atoms with Crippen LogP contribution >= 0.6 is 0 Å². The van der Waals surface area contributed by atoms with Gasteiger partial charge in [-0.3, -0.25) is 4.79 Å². The maximum Gasteiger partial charge on any atom is 0.365 e. The van der Waals surface area contributed by atoms with Crippen molar-refractivity contribution in [2.24, 2.45) is 10.6 Å². The van der Waals surface area contributed by atoms with Gasteiger partial charge in [0.15, 0.2) is 0 Å². The van der Waals surface area contributed by atoms with Crippen molar-refractivity contribution in [1.82, 2.24) is 5.16 Å². The Balaban J connectivity index is 1.38. The number of anilines is 1. The molecular weight excluding hydrogens is 492 g/mol. The highest BCUT2D eigenvalue weighted by molar-refractivity contribution is 6.07. The number of carbonyl (C=O) groups is 2. The summed E-state index contributed by atoms with van der Waals surface area (Å²) in [6.07, 6.45) is 1.10. The zero-order valence-electron chi connectivity index (χ0n) is 20.6. The van der Waals surface area contributed by atoms with Crippen LogP contribution in [0.3, 0.4) is 0 Å². The van der Waals surface area contributed by atoms with Crippen LogP contribution in [0.5, 0.6) is 0 Å². The molecule has 4 aromatic rings. The first-order chi connectivity index (χ1) is 18.2. The minimum absolute atomic E-state index is 0.144. The molecule has 38 heavy (non-hydrogen) atoms. The Morgan fingerprint density at radius 3 is 2.45 bits per heavy atom. The fourth-order valence-electron chi connectivity index (χ4n) is 4.37. The summed E-state index contributed by atoms with van der Waals surface area (Å²) in [4.78, 5) is 30.6. The summed E-state index contributed by atoms with van der Waals surface area (Å²) >= 11 is 0. The number of halogens is 2. The molecule has 1 aliphatic carbocycles. The first kappa shape index (κ1) is 25.0. The summed E-state index contributed by atoms with van der Waals surface area (Å²) in [6, 6.07) is 17.3. The molecule has 0 saturated heterocycles. The van der Waals surface area contributed by atoms with Crippen molar-refractivity contribution in [3.05, 3.63) is 107 Å². The minimum atomic E-state index is -0.732. The van der Waals surface area contributed by atoms with Gasteiger partial charge in [0.1, 0.15) is 23.1 Å². The van der Waals surface area contributed by atoms with E-state index in [1.54, 1.807) is 24.3 Å². The van der Waals surface area contributed by atoms with Gasteiger partial charge in [-0.15, -0.1) is 0 Å². The molecule has 0 atom stereocenters. The number of rotatable bonds is 5. The molecule has 0 fully saturated rings. The van der Waals surface area contributed by atoms with Crippen molar-refractivity contribution >= 4 is 23.3 Å². The Hall–Kier alpha value is -4.66. The van der Waals surface area contributed by atoms with Crippen LogP contribution in [0, 0.1) is 17.0 Å². The topological polar surface area (TPSA) is 93.8 Å². The Kier molecular flexibility index (Phi) is 6.59. The molecule has 192 valence electrons. The molecule has 1 aromatic heterocycles. The van der Waals surface area contributed by atoms with Gasteiger partial charge in [-0.05, 0) is 72.5 Å². The van der Waals surface area contributed by atoms with Crippen molar-refractivity contribution in [1.29, 1.82) is 0 Å². The van der Waals surface area contributed by atoms with Gasteiger partial charge in [-0.1, -0.05) is 36.3 Å². The lowest BCUT2D eigenvalue weighted by Crippen LogP contribution is -2.27. The zero-order chi connectivity index (χ0) is 26.9. The largest absolute Gasteiger partial charge is 0.365 e. The predicted octanol–water partition coefficient (Wildman–Crippen LogP) is 6.41. The third-order valence-electron chi connectivity index (χ3n) is 6.14.